The number of ether oxygens (including phenoxy) is 4. The topological polar surface area (TPSA) is 57.2 Å². The van der Waals surface area contributed by atoms with E-state index in [-0.39, 0.29) is 18.8 Å². The molecule has 1 saturated heterocycles. The molecule has 2 heterocycles. The van der Waals surface area contributed by atoms with E-state index in [9.17, 15) is 4.79 Å². The number of methoxy groups -OCH3 is 1. The number of likely N-dealkylation sites (N-methyl/N-ethyl adjacent to an activating group) is 1. The first kappa shape index (κ1) is 17.4. The van der Waals surface area contributed by atoms with Crippen molar-refractivity contribution in [3.8, 4) is 17.2 Å². The Morgan fingerprint density at radius 2 is 1.93 bits per heavy atom. The zero-order valence-electron chi connectivity index (χ0n) is 15.3. The molecule has 0 bridgehead atoms. The summed E-state index contributed by atoms with van der Waals surface area (Å²) in [6.45, 7) is 0.831. The lowest BCUT2D eigenvalue weighted by Gasteiger charge is -2.23. The molecule has 4 rings (SSSR count). The number of hydrogen-bond donors (Lipinski definition) is 0. The first-order valence-electron chi connectivity index (χ1n) is 8.75. The van der Waals surface area contributed by atoms with Crippen molar-refractivity contribution >= 4 is 5.97 Å². The van der Waals surface area contributed by atoms with Gasteiger partial charge in [-0.15, -0.1) is 0 Å². The fourth-order valence-corrected chi connectivity index (χ4v) is 3.65. The highest BCUT2D eigenvalue weighted by Gasteiger charge is 2.42. The van der Waals surface area contributed by atoms with Crippen molar-refractivity contribution in [2.75, 3.05) is 27.5 Å². The molecule has 0 radical (unpaired) electrons. The predicted molar refractivity (Wildman–Crippen MR) is 98.6 cm³/mol. The van der Waals surface area contributed by atoms with Gasteiger partial charge in [0.15, 0.2) is 11.5 Å². The molecule has 140 valence electrons. The first-order valence-corrected chi connectivity index (χ1v) is 8.75. The maximum atomic E-state index is 12.5. The van der Waals surface area contributed by atoms with Crippen molar-refractivity contribution in [2.24, 2.45) is 5.92 Å². The average Bonchev–Trinajstić information content (AvgIpc) is 3.29. The number of benzene rings is 2. The number of esters is 1. The van der Waals surface area contributed by atoms with Gasteiger partial charge in [-0.05, 0) is 30.3 Å². The van der Waals surface area contributed by atoms with Crippen LogP contribution in [0.1, 0.15) is 11.6 Å². The minimum Gasteiger partial charge on any atom is -0.469 e. The minimum atomic E-state index is -0.420. The molecule has 2 aliphatic rings. The molecule has 0 saturated carbocycles. The van der Waals surface area contributed by atoms with Gasteiger partial charge < -0.3 is 18.9 Å². The number of hydrogen-bond acceptors (Lipinski definition) is 6. The molecule has 0 amide bonds. The molecule has 0 spiro atoms. The smallest absolute Gasteiger partial charge is 0.314 e. The maximum Gasteiger partial charge on any atom is 0.314 e. The summed E-state index contributed by atoms with van der Waals surface area (Å²) < 4.78 is 21.6. The Balaban J connectivity index is 1.61. The third-order valence-electron chi connectivity index (χ3n) is 4.91. The van der Waals surface area contributed by atoms with Gasteiger partial charge in [0.05, 0.1) is 19.4 Å². The van der Waals surface area contributed by atoms with E-state index in [4.69, 9.17) is 18.9 Å². The van der Waals surface area contributed by atoms with E-state index in [2.05, 4.69) is 4.90 Å². The Morgan fingerprint density at radius 3 is 2.70 bits per heavy atom. The number of carbonyl (C=O) groups is 1. The summed E-state index contributed by atoms with van der Waals surface area (Å²) in [5.74, 6) is 1.29. The van der Waals surface area contributed by atoms with Crippen molar-refractivity contribution in [1.29, 1.82) is 0 Å². The molecular formula is C21H21NO5. The zero-order chi connectivity index (χ0) is 18.8. The maximum absolute atomic E-state index is 12.5. The Bertz CT molecular complexity index is 864. The molecule has 0 aromatic heterocycles. The van der Waals surface area contributed by atoms with Crippen LogP contribution in [0.4, 0.5) is 0 Å². The molecule has 2 aliphatic heterocycles. The summed E-state index contributed by atoms with van der Waals surface area (Å²) in [5, 5.41) is 0. The van der Waals surface area contributed by atoms with E-state index in [1.54, 1.807) is 12.3 Å². The molecule has 0 N–H and O–H groups in total. The van der Waals surface area contributed by atoms with Gasteiger partial charge in [0, 0.05) is 12.6 Å². The second-order valence-corrected chi connectivity index (χ2v) is 6.60. The largest absolute Gasteiger partial charge is 0.469 e. The van der Waals surface area contributed by atoms with E-state index in [0.717, 1.165) is 11.1 Å². The highest BCUT2D eigenvalue weighted by molar-refractivity contribution is 5.78. The van der Waals surface area contributed by atoms with Crippen LogP contribution in [0.15, 0.2) is 60.4 Å². The van der Waals surface area contributed by atoms with Gasteiger partial charge in [-0.2, -0.15) is 0 Å². The lowest BCUT2D eigenvalue weighted by Crippen LogP contribution is -2.26. The Hall–Kier alpha value is -2.99. The fraction of sp³-hybridized carbons (Fsp3) is 0.286. The molecule has 6 heteroatoms. The van der Waals surface area contributed by atoms with E-state index >= 15 is 0 Å². The van der Waals surface area contributed by atoms with Gasteiger partial charge in [-0.1, -0.05) is 30.3 Å². The summed E-state index contributed by atoms with van der Waals surface area (Å²) >= 11 is 0. The molecular weight excluding hydrogens is 346 g/mol. The highest BCUT2D eigenvalue weighted by atomic mass is 16.7. The summed E-state index contributed by atoms with van der Waals surface area (Å²) in [6.07, 6.45) is 1.65. The molecule has 0 aliphatic carbocycles. The van der Waals surface area contributed by atoms with Crippen LogP contribution < -0.4 is 14.2 Å². The molecule has 0 unspecified atom stereocenters. The first-order chi connectivity index (χ1) is 13.2. The van der Waals surface area contributed by atoms with Gasteiger partial charge >= 0.3 is 5.97 Å². The monoisotopic (exact) mass is 367 g/mol. The second-order valence-electron chi connectivity index (χ2n) is 6.60. The number of fused-ring (bicyclic) bond motifs is 1. The third-order valence-corrected chi connectivity index (χ3v) is 4.91. The summed E-state index contributed by atoms with van der Waals surface area (Å²) in [6, 6.07) is 15.3. The van der Waals surface area contributed by atoms with Crippen LogP contribution in [0.2, 0.25) is 0 Å². The summed E-state index contributed by atoms with van der Waals surface area (Å²) in [5.41, 5.74) is 1.94. The summed E-state index contributed by atoms with van der Waals surface area (Å²) in [4.78, 5) is 14.7. The number of likely N-dealkylation sites (tertiary alicyclic amines) is 1. The lowest BCUT2D eigenvalue weighted by atomic mass is 9.91. The quantitative estimate of drug-likeness (QED) is 0.611. The highest BCUT2D eigenvalue weighted by Crippen LogP contribution is 2.41. The van der Waals surface area contributed by atoms with Gasteiger partial charge in [-0.3, -0.25) is 9.69 Å². The van der Waals surface area contributed by atoms with E-state index < -0.39 is 5.92 Å². The normalized spacial score (nSPS) is 22.8. The third kappa shape index (κ3) is 3.36. The minimum absolute atomic E-state index is 0.0924. The molecule has 27 heavy (non-hydrogen) atoms. The van der Waals surface area contributed by atoms with Crippen molar-refractivity contribution < 1.29 is 23.7 Å². The second kappa shape index (κ2) is 7.32. The Morgan fingerprint density at radius 1 is 1.15 bits per heavy atom. The summed E-state index contributed by atoms with van der Waals surface area (Å²) in [7, 11) is 3.41. The van der Waals surface area contributed by atoms with E-state index in [1.807, 2.05) is 49.5 Å². The van der Waals surface area contributed by atoms with Gasteiger partial charge in [0.2, 0.25) is 6.79 Å². The zero-order valence-corrected chi connectivity index (χ0v) is 15.3. The van der Waals surface area contributed by atoms with Crippen LogP contribution in [-0.2, 0) is 9.53 Å². The Labute approximate surface area is 157 Å². The standard InChI is InChI=1S/C21H21NO5/c1-22-11-15(12-25-16-8-9-17-18(10-16)27-13-26-17)19(21(23)24-2)20(22)14-6-4-3-5-7-14/h3-10,12,19-20H,11,13H2,1-2H3/b15-12+/t19-,20+/m0/s1. The van der Waals surface area contributed by atoms with Crippen molar-refractivity contribution in [2.45, 2.75) is 6.04 Å². The van der Waals surface area contributed by atoms with Gasteiger partial charge in [0.25, 0.3) is 0 Å². The van der Waals surface area contributed by atoms with Gasteiger partial charge in [-0.25, -0.2) is 0 Å². The van der Waals surface area contributed by atoms with Gasteiger partial charge in [0.1, 0.15) is 11.7 Å². The van der Waals surface area contributed by atoms with Crippen molar-refractivity contribution in [1.82, 2.24) is 4.90 Å². The number of rotatable bonds is 4. The molecule has 2 aromatic carbocycles. The van der Waals surface area contributed by atoms with Crippen LogP contribution in [0, 0.1) is 5.92 Å². The van der Waals surface area contributed by atoms with Crippen molar-refractivity contribution in [3.05, 3.63) is 65.9 Å². The molecule has 1 fully saturated rings. The average molecular weight is 367 g/mol. The molecule has 6 nitrogen and oxygen atoms in total. The van der Waals surface area contributed by atoms with E-state index in [1.165, 1.54) is 7.11 Å². The van der Waals surface area contributed by atoms with Crippen molar-refractivity contribution in [3.63, 3.8) is 0 Å². The fourth-order valence-electron chi connectivity index (χ4n) is 3.65. The number of nitrogens with zero attached hydrogens (tertiary/aromatic N) is 1. The predicted octanol–water partition coefficient (Wildman–Crippen LogP) is 3.15. The molecule has 2 aromatic rings. The van der Waals surface area contributed by atoms with Crippen LogP contribution in [0.5, 0.6) is 17.2 Å². The van der Waals surface area contributed by atoms with Crippen LogP contribution >= 0.6 is 0 Å². The van der Waals surface area contributed by atoms with Crippen LogP contribution in [0.3, 0.4) is 0 Å². The lowest BCUT2D eigenvalue weighted by molar-refractivity contribution is -0.145. The Kier molecular flexibility index (Phi) is 4.73. The molecule has 2 atom stereocenters. The number of carbonyl (C=O) groups excluding carboxylic acids is 1. The van der Waals surface area contributed by atoms with Crippen LogP contribution in [-0.4, -0.2) is 38.4 Å². The van der Waals surface area contributed by atoms with E-state index in [0.29, 0.717) is 23.8 Å². The van der Waals surface area contributed by atoms with Crippen LogP contribution in [0.25, 0.3) is 0 Å². The SMILES string of the molecule is COC(=O)[C@H]1/C(=C/Oc2ccc3c(c2)OCO3)CN(C)[C@@H]1c1ccccc1.